The van der Waals surface area contributed by atoms with E-state index in [1.807, 2.05) is 0 Å². The molecule has 0 aliphatic heterocycles. The molecule has 0 heterocycles. The van der Waals surface area contributed by atoms with E-state index in [0.29, 0.717) is 0 Å². The summed E-state index contributed by atoms with van der Waals surface area (Å²) < 4.78 is 5.69. The lowest BCUT2D eigenvalue weighted by molar-refractivity contribution is -0.136. The van der Waals surface area contributed by atoms with E-state index < -0.39 is 5.97 Å². The molecule has 0 saturated heterocycles. The minimum absolute atomic E-state index is 0.222. The third-order valence-electron chi connectivity index (χ3n) is 4.09. The first-order valence-electron chi connectivity index (χ1n) is 10.5. The molecule has 3 heteroatoms. The van der Waals surface area contributed by atoms with Crippen molar-refractivity contribution in [1.82, 2.24) is 0 Å². The quantitative estimate of drug-likeness (QED) is 0.289. The van der Waals surface area contributed by atoms with Gasteiger partial charge in [0.2, 0.25) is 0 Å². The van der Waals surface area contributed by atoms with Crippen molar-refractivity contribution in [3.63, 3.8) is 0 Å². The minimum Gasteiger partial charge on any atom is -0.481 e. The molecule has 0 saturated carbocycles. The Morgan fingerprint density at radius 2 is 0.917 bits per heavy atom. The maximum absolute atomic E-state index is 9.37. The number of unbranched alkanes of at least 4 members (excludes halogenated alkanes) is 12. The summed E-state index contributed by atoms with van der Waals surface area (Å²) in [6.07, 6.45) is 19.5. The van der Waals surface area contributed by atoms with Crippen molar-refractivity contribution in [2.45, 2.75) is 117 Å². The second kappa shape index (κ2) is 24.7. The van der Waals surface area contributed by atoms with Gasteiger partial charge < -0.3 is 9.84 Å². The van der Waals surface area contributed by atoms with Crippen molar-refractivity contribution in [3.05, 3.63) is 0 Å². The smallest absolute Gasteiger partial charge is 0.303 e. The molecule has 0 rings (SSSR count). The van der Waals surface area contributed by atoms with Gasteiger partial charge in [-0.25, -0.2) is 0 Å². The Balaban J connectivity index is 0. The van der Waals surface area contributed by atoms with Crippen molar-refractivity contribution in [2.24, 2.45) is 0 Å². The zero-order valence-electron chi connectivity index (χ0n) is 16.8. The highest BCUT2D eigenvalue weighted by Gasteiger charge is 1.93. The van der Waals surface area contributed by atoms with Crippen molar-refractivity contribution < 1.29 is 14.6 Å². The average Bonchev–Trinajstić information content (AvgIpc) is 2.59. The number of carboxylic acid groups (broad SMARTS) is 1. The summed E-state index contributed by atoms with van der Waals surface area (Å²) in [5.41, 5.74) is 0. The maximum Gasteiger partial charge on any atom is 0.303 e. The predicted octanol–water partition coefficient (Wildman–Crippen LogP) is 6.99. The molecule has 0 aromatic rings. The van der Waals surface area contributed by atoms with Gasteiger partial charge in [-0.05, 0) is 12.8 Å². The summed E-state index contributed by atoms with van der Waals surface area (Å²) in [6.45, 7) is 8.13. The summed E-state index contributed by atoms with van der Waals surface area (Å²) in [5.74, 6) is -0.745. The number of carbonyl (C=O) groups is 1. The number of carboxylic acids is 1. The number of rotatable bonds is 17. The monoisotopic (exact) mass is 344 g/mol. The molecule has 3 nitrogen and oxygen atoms in total. The first-order chi connectivity index (χ1) is 11.7. The van der Waals surface area contributed by atoms with Crippen LogP contribution in [0, 0.1) is 0 Å². The lowest BCUT2D eigenvalue weighted by atomic mass is 10.1. The van der Waals surface area contributed by atoms with Crippen LogP contribution in [-0.2, 0) is 9.53 Å². The summed E-state index contributed by atoms with van der Waals surface area (Å²) in [6, 6.07) is 0. The van der Waals surface area contributed by atoms with Gasteiger partial charge >= 0.3 is 5.97 Å². The van der Waals surface area contributed by atoms with Crippen LogP contribution < -0.4 is 0 Å². The van der Waals surface area contributed by atoms with Crippen molar-refractivity contribution in [3.8, 4) is 0 Å². The fourth-order valence-electron chi connectivity index (χ4n) is 2.42. The molecule has 0 aliphatic carbocycles. The van der Waals surface area contributed by atoms with Crippen molar-refractivity contribution in [1.29, 1.82) is 0 Å². The second-order valence-corrected chi connectivity index (χ2v) is 6.60. The highest BCUT2D eigenvalue weighted by atomic mass is 16.5. The number of ether oxygens (including phenoxy) is 1. The molecule has 0 fully saturated rings. The van der Waals surface area contributed by atoms with Crippen LogP contribution in [0.4, 0.5) is 0 Å². The third kappa shape index (κ3) is 29.4. The minimum atomic E-state index is -0.745. The van der Waals surface area contributed by atoms with E-state index in [1.165, 1.54) is 89.9 Å². The van der Waals surface area contributed by atoms with Crippen LogP contribution in [-0.4, -0.2) is 24.3 Å². The number of hydrogen-bond acceptors (Lipinski definition) is 2. The molecule has 146 valence electrons. The first-order valence-corrected chi connectivity index (χ1v) is 10.5. The van der Waals surface area contributed by atoms with Crippen LogP contribution in [0.5, 0.6) is 0 Å². The molecule has 0 aromatic heterocycles. The molecule has 0 aromatic carbocycles. The Morgan fingerprint density at radius 3 is 1.21 bits per heavy atom. The van der Waals surface area contributed by atoms with Gasteiger partial charge in [-0.2, -0.15) is 0 Å². The Kier molecular flexibility index (Phi) is 26.4. The van der Waals surface area contributed by atoms with Crippen molar-refractivity contribution in [2.75, 3.05) is 13.2 Å². The second-order valence-electron chi connectivity index (χ2n) is 6.60. The Hall–Kier alpha value is -0.570. The van der Waals surface area contributed by atoms with Crippen molar-refractivity contribution >= 4 is 5.97 Å². The number of hydrogen-bond donors (Lipinski definition) is 1. The topological polar surface area (TPSA) is 46.5 Å². The standard InChI is InChI=1S/C18H38O.C3H6O2/c1-3-5-7-9-11-13-15-17-19-18-16-14-12-10-8-6-4-2;1-2-3(4)5/h3-18H2,1-2H3;2H2,1H3,(H,4,5). The van der Waals surface area contributed by atoms with Gasteiger partial charge in [0.25, 0.3) is 0 Å². The lowest BCUT2D eigenvalue weighted by Crippen LogP contribution is -1.97. The van der Waals surface area contributed by atoms with E-state index >= 15 is 0 Å². The lowest BCUT2D eigenvalue weighted by Gasteiger charge is -2.04. The predicted molar refractivity (Wildman–Crippen MR) is 105 cm³/mol. The molecule has 0 amide bonds. The van der Waals surface area contributed by atoms with Gasteiger partial charge in [0.15, 0.2) is 0 Å². The van der Waals surface area contributed by atoms with Crippen LogP contribution >= 0.6 is 0 Å². The molecule has 0 unspecified atom stereocenters. The van der Waals surface area contributed by atoms with Crippen LogP contribution in [0.2, 0.25) is 0 Å². The summed E-state index contributed by atoms with van der Waals surface area (Å²) in [5, 5.41) is 7.72. The van der Waals surface area contributed by atoms with E-state index in [1.54, 1.807) is 6.92 Å². The van der Waals surface area contributed by atoms with Gasteiger partial charge in [0.05, 0.1) is 0 Å². The fourth-order valence-corrected chi connectivity index (χ4v) is 2.42. The van der Waals surface area contributed by atoms with Crippen LogP contribution in [0.1, 0.15) is 117 Å². The summed E-state index contributed by atoms with van der Waals surface area (Å²) >= 11 is 0. The molecule has 1 N–H and O–H groups in total. The molecule has 24 heavy (non-hydrogen) atoms. The fraction of sp³-hybridized carbons (Fsp3) is 0.952. The Labute approximate surface area is 151 Å². The Bertz CT molecular complexity index is 213. The summed E-state index contributed by atoms with van der Waals surface area (Å²) in [7, 11) is 0. The maximum atomic E-state index is 9.37. The molecule has 0 radical (unpaired) electrons. The van der Waals surface area contributed by atoms with E-state index in [2.05, 4.69) is 13.8 Å². The zero-order chi connectivity index (χ0) is 18.3. The third-order valence-corrected chi connectivity index (χ3v) is 4.09. The highest BCUT2D eigenvalue weighted by molar-refractivity contribution is 5.66. The molecular formula is C21H44O3. The van der Waals surface area contributed by atoms with Gasteiger partial charge in [0, 0.05) is 19.6 Å². The zero-order valence-corrected chi connectivity index (χ0v) is 16.8. The Morgan fingerprint density at radius 1 is 0.625 bits per heavy atom. The van der Waals surface area contributed by atoms with E-state index in [0.717, 1.165) is 13.2 Å². The molecule has 0 bridgehead atoms. The van der Waals surface area contributed by atoms with Gasteiger partial charge in [-0.3, -0.25) is 4.79 Å². The summed E-state index contributed by atoms with van der Waals surface area (Å²) in [4.78, 5) is 9.37. The molecule has 0 aliphatic rings. The van der Waals surface area contributed by atoms with E-state index in [9.17, 15) is 4.79 Å². The van der Waals surface area contributed by atoms with Gasteiger partial charge in [-0.15, -0.1) is 0 Å². The van der Waals surface area contributed by atoms with Crippen LogP contribution in [0.3, 0.4) is 0 Å². The van der Waals surface area contributed by atoms with E-state index in [-0.39, 0.29) is 6.42 Å². The van der Waals surface area contributed by atoms with Gasteiger partial charge in [0.1, 0.15) is 0 Å². The van der Waals surface area contributed by atoms with E-state index in [4.69, 9.17) is 9.84 Å². The normalized spacial score (nSPS) is 10.3. The largest absolute Gasteiger partial charge is 0.481 e. The molecule has 0 atom stereocenters. The first kappa shape index (κ1) is 25.7. The SMILES string of the molecule is CCC(=O)O.CCCCCCCCCOCCCCCCCCC. The number of aliphatic carboxylic acids is 1. The van der Waals surface area contributed by atoms with Crippen LogP contribution in [0.15, 0.2) is 0 Å². The average molecular weight is 345 g/mol. The molecule has 0 spiro atoms. The van der Waals surface area contributed by atoms with Crippen LogP contribution in [0.25, 0.3) is 0 Å². The van der Waals surface area contributed by atoms with Gasteiger partial charge in [-0.1, -0.05) is 97.8 Å². The highest BCUT2D eigenvalue weighted by Crippen LogP contribution is 2.08. The molecular weight excluding hydrogens is 300 g/mol.